The van der Waals surface area contributed by atoms with Crippen molar-refractivity contribution in [2.24, 2.45) is 5.16 Å². The summed E-state index contributed by atoms with van der Waals surface area (Å²) < 4.78 is 0. The van der Waals surface area contributed by atoms with Crippen molar-refractivity contribution in [3.63, 3.8) is 0 Å². The van der Waals surface area contributed by atoms with Crippen LogP contribution in [-0.2, 0) is 4.84 Å². The van der Waals surface area contributed by atoms with Gasteiger partial charge >= 0.3 is 0 Å². The normalized spacial score (nSPS) is 10.8. The molecule has 2 aromatic rings. The first-order chi connectivity index (χ1) is 8.70. The smallest absolute Gasteiger partial charge is 0.187 e. The van der Waals surface area contributed by atoms with E-state index in [2.05, 4.69) is 40.2 Å². The van der Waals surface area contributed by atoms with Gasteiger partial charge in [-0.15, -0.1) is 11.3 Å². The molecule has 1 N–H and O–H groups in total. The average molecular weight is 261 g/mol. The van der Waals surface area contributed by atoms with E-state index in [1.807, 2.05) is 17.5 Å². The number of hydrogen-bond donors (Lipinski definition) is 1. The van der Waals surface area contributed by atoms with E-state index in [4.69, 9.17) is 0 Å². The second kappa shape index (κ2) is 5.64. The van der Waals surface area contributed by atoms with E-state index in [-0.39, 0.29) is 0 Å². The minimum atomic E-state index is 0.787. The Balaban J connectivity index is 2.16. The van der Waals surface area contributed by atoms with Gasteiger partial charge in [0, 0.05) is 11.1 Å². The van der Waals surface area contributed by atoms with Gasteiger partial charge in [-0.05, 0) is 31.0 Å². The highest BCUT2D eigenvalue weighted by molar-refractivity contribution is 7.14. The predicted octanol–water partition coefficient (Wildman–Crippen LogP) is 3.48. The number of oxime groups is 1. The SMILES string of the molecule is CO/N=C\c1csc(Nc2cccc(C)c2C)n1. The molecule has 0 aliphatic heterocycles. The summed E-state index contributed by atoms with van der Waals surface area (Å²) in [6.07, 6.45) is 1.59. The molecule has 0 atom stereocenters. The highest BCUT2D eigenvalue weighted by Crippen LogP contribution is 2.24. The Labute approximate surface area is 110 Å². The van der Waals surface area contributed by atoms with E-state index >= 15 is 0 Å². The van der Waals surface area contributed by atoms with Crippen molar-refractivity contribution in [3.8, 4) is 0 Å². The van der Waals surface area contributed by atoms with Crippen LogP contribution in [-0.4, -0.2) is 18.3 Å². The lowest BCUT2D eigenvalue weighted by Crippen LogP contribution is -1.94. The predicted molar refractivity (Wildman–Crippen MR) is 75.9 cm³/mol. The lowest BCUT2D eigenvalue weighted by atomic mass is 10.1. The fourth-order valence-corrected chi connectivity index (χ4v) is 2.18. The molecule has 0 spiro atoms. The third-order valence-electron chi connectivity index (χ3n) is 2.66. The molecule has 1 heterocycles. The van der Waals surface area contributed by atoms with Gasteiger partial charge in [0.2, 0.25) is 0 Å². The molecule has 2 rings (SSSR count). The first-order valence-electron chi connectivity index (χ1n) is 5.56. The quantitative estimate of drug-likeness (QED) is 0.677. The standard InChI is InChI=1S/C13H15N3OS/c1-9-5-4-6-12(10(9)2)16-13-15-11(8-18-13)7-14-17-3/h4-8H,1-3H3,(H,15,16)/b14-7-. The van der Waals surface area contributed by atoms with E-state index < -0.39 is 0 Å². The van der Waals surface area contributed by atoms with Gasteiger partial charge in [-0.1, -0.05) is 17.3 Å². The van der Waals surface area contributed by atoms with Crippen molar-refractivity contribution in [1.29, 1.82) is 0 Å². The lowest BCUT2D eigenvalue weighted by Gasteiger charge is -2.08. The molecule has 94 valence electrons. The highest BCUT2D eigenvalue weighted by atomic mass is 32.1. The monoisotopic (exact) mass is 261 g/mol. The lowest BCUT2D eigenvalue weighted by molar-refractivity contribution is 0.215. The molecule has 0 amide bonds. The molecule has 1 aromatic heterocycles. The summed E-state index contributed by atoms with van der Waals surface area (Å²) in [5.74, 6) is 0. The maximum Gasteiger partial charge on any atom is 0.187 e. The second-order valence-corrected chi connectivity index (χ2v) is 4.73. The summed E-state index contributed by atoms with van der Waals surface area (Å²) in [7, 11) is 1.51. The molecule has 0 bridgehead atoms. The Morgan fingerprint density at radius 2 is 2.22 bits per heavy atom. The molecular formula is C13H15N3OS. The Morgan fingerprint density at radius 1 is 1.39 bits per heavy atom. The number of nitrogens with zero attached hydrogens (tertiary/aromatic N) is 2. The minimum Gasteiger partial charge on any atom is -0.399 e. The molecule has 0 saturated heterocycles. The highest BCUT2D eigenvalue weighted by Gasteiger charge is 2.04. The Hall–Kier alpha value is -1.88. The van der Waals surface area contributed by atoms with E-state index in [0.29, 0.717) is 0 Å². The summed E-state index contributed by atoms with van der Waals surface area (Å²) in [6.45, 7) is 4.19. The van der Waals surface area contributed by atoms with Gasteiger partial charge in [-0.25, -0.2) is 4.98 Å². The molecule has 0 radical (unpaired) electrons. The van der Waals surface area contributed by atoms with Gasteiger partial charge in [0.15, 0.2) is 5.13 Å². The van der Waals surface area contributed by atoms with E-state index in [1.165, 1.54) is 18.2 Å². The number of rotatable bonds is 4. The first kappa shape index (κ1) is 12.6. The van der Waals surface area contributed by atoms with Crippen molar-refractivity contribution in [2.75, 3.05) is 12.4 Å². The molecule has 5 heteroatoms. The maximum absolute atomic E-state index is 4.62. The topological polar surface area (TPSA) is 46.5 Å². The number of aryl methyl sites for hydroxylation is 1. The van der Waals surface area contributed by atoms with Crippen LogP contribution in [0.15, 0.2) is 28.7 Å². The van der Waals surface area contributed by atoms with Crippen LogP contribution in [0.4, 0.5) is 10.8 Å². The van der Waals surface area contributed by atoms with Crippen LogP contribution in [0.5, 0.6) is 0 Å². The van der Waals surface area contributed by atoms with Crippen LogP contribution < -0.4 is 5.32 Å². The van der Waals surface area contributed by atoms with E-state index in [9.17, 15) is 0 Å². The molecule has 4 nitrogen and oxygen atoms in total. The Bertz CT molecular complexity index is 563. The zero-order chi connectivity index (χ0) is 13.0. The summed E-state index contributed by atoms with van der Waals surface area (Å²) in [5, 5.41) is 9.78. The molecule has 0 aliphatic carbocycles. The largest absolute Gasteiger partial charge is 0.399 e. The van der Waals surface area contributed by atoms with Crippen LogP contribution in [0.3, 0.4) is 0 Å². The summed E-state index contributed by atoms with van der Waals surface area (Å²) in [6, 6.07) is 6.18. The Kier molecular flexibility index (Phi) is 3.94. The van der Waals surface area contributed by atoms with Gasteiger partial charge in [0.05, 0.1) is 11.9 Å². The molecule has 0 aliphatic rings. The van der Waals surface area contributed by atoms with Crippen LogP contribution in [0.2, 0.25) is 0 Å². The van der Waals surface area contributed by atoms with Crippen LogP contribution in [0, 0.1) is 13.8 Å². The maximum atomic E-state index is 4.62. The summed E-state index contributed by atoms with van der Waals surface area (Å²) >= 11 is 1.54. The van der Waals surface area contributed by atoms with Gasteiger partial charge in [0.25, 0.3) is 0 Å². The number of benzene rings is 1. The van der Waals surface area contributed by atoms with Crippen molar-refractivity contribution >= 4 is 28.4 Å². The zero-order valence-corrected chi connectivity index (χ0v) is 11.4. The number of nitrogens with one attached hydrogen (secondary N) is 1. The van der Waals surface area contributed by atoms with E-state index in [1.54, 1.807) is 17.6 Å². The molecule has 0 unspecified atom stereocenters. The molecule has 1 aromatic carbocycles. The third kappa shape index (κ3) is 2.87. The van der Waals surface area contributed by atoms with Crippen LogP contribution in [0.1, 0.15) is 16.8 Å². The summed E-state index contributed by atoms with van der Waals surface area (Å²) in [4.78, 5) is 9.01. The number of anilines is 2. The Morgan fingerprint density at radius 3 is 3.00 bits per heavy atom. The van der Waals surface area contributed by atoms with Gasteiger partial charge in [0.1, 0.15) is 7.11 Å². The van der Waals surface area contributed by atoms with Crippen molar-refractivity contribution in [2.45, 2.75) is 13.8 Å². The molecule has 18 heavy (non-hydrogen) atoms. The third-order valence-corrected chi connectivity index (χ3v) is 3.43. The first-order valence-corrected chi connectivity index (χ1v) is 6.44. The number of hydrogen-bond acceptors (Lipinski definition) is 5. The van der Waals surface area contributed by atoms with E-state index in [0.717, 1.165) is 16.5 Å². The molecular weight excluding hydrogens is 246 g/mol. The molecule has 0 fully saturated rings. The fourth-order valence-electron chi connectivity index (χ4n) is 1.51. The van der Waals surface area contributed by atoms with Crippen molar-refractivity contribution in [3.05, 3.63) is 40.4 Å². The fraction of sp³-hybridized carbons (Fsp3) is 0.231. The minimum absolute atomic E-state index is 0.787. The van der Waals surface area contributed by atoms with Gasteiger partial charge in [-0.2, -0.15) is 0 Å². The van der Waals surface area contributed by atoms with Crippen molar-refractivity contribution in [1.82, 2.24) is 4.98 Å². The van der Waals surface area contributed by atoms with Gasteiger partial charge < -0.3 is 10.2 Å². The van der Waals surface area contributed by atoms with Crippen molar-refractivity contribution < 1.29 is 4.84 Å². The second-order valence-electron chi connectivity index (χ2n) is 3.87. The summed E-state index contributed by atoms with van der Waals surface area (Å²) in [5.41, 5.74) is 4.37. The number of aromatic nitrogens is 1. The molecule has 0 saturated carbocycles. The van der Waals surface area contributed by atoms with Crippen LogP contribution >= 0.6 is 11.3 Å². The van der Waals surface area contributed by atoms with Crippen LogP contribution in [0.25, 0.3) is 0 Å². The average Bonchev–Trinajstić information content (AvgIpc) is 2.80. The number of thiazole rings is 1. The zero-order valence-electron chi connectivity index (χ0n) is 10.6. The van der Waals surface area contributed by atoms with Gasteiger partial charge in [-0.3, -0.25) is 0 Å².